The summed E-state index contributed by atoms with van der Waals surface area (Å²) in [7, 11) is -2.46. The molecule has 2 saturated heterocycles. The molecule has 0 bridgehead atoms. The molecular formula is C16H21BrN2O2S. The van der Waals surface area contributed by atoms with Gasteiger partial charge in [0.1, 0.15) is 0 Å². The molecule has 120 valence electrons. The van der Waals surface area contributed by atoms with Crippen molar-refractivity contribution in [2.45, 2.75) is 38.1 Å². The lowest BCUT2D eigenvalue weighted by Gasteiger charge is -2.35. The minimum absolute atomic E-state index is 0.0502. The fourth-order valence-electron chi connectivity index (χ4n) is 3.53. The smallest absolute Gasteiger partial charge is 0.285 e. The highest BCUT2D eigenvalue weighted by Crippen LogP contribution is 2.32. The van der Waals surface area contributed by atoms with Crippen LogP contribution in [0.1, 0.15) is 41.6 Å². The van der Waals surface area contributed by atoms with Gasteiger partial charge in [0.2, 0.25) is 0 Å². The topological polar surface area (TPSA) is 58.5 Å². The van der Waals surface area contributed by atoms with E-state index in [-0.39, 0.29) is 11.4 Å². The van der Waals surface area contributed by atoms with E-state index >= 15 is 0 Å². The summed E-state index contributed by atoms with van der Waals surface area (Å²) in [5, 5.41) is 3.50. The van der Waals surface area contributed by atoms with Crippen LogP contribution in [-0.4, -0.2) is 33.7 Å². The first-order valence-corrected chi connectivity index (χ1v) is 10.3. The molecule has 2 atom stereocenters. The second-order valence-corrected chi connectivity index (χ2v) is 9.62. The zero-order chi connectivity index (χ0) is 15.8. The first-order chi connectivity index (χ1) is 10.4. The second-order valence-electron chi connectivity index (χ2n) is 6.34. The summed E-state index contributed by atoms with van der Waals surface area (Å²) in [4.78, 5) is 12.5. The van der Waals surface area contributed by atoms with E-state index in [2.05, 4.69) is 25.6 Å². The van der Waals surface area contributed by atoms with Crippen LogP contribution in [0.4, 0.5) is 0 Å². The Hall–Kier alpha value is -0.720. The minimum Gasteiger partial charge on any atom is -0.310 e. The molecule has 2 aliphatic heterocycles. The van der Waals surface area contributed by atoms with E-state index in [4.69, 9.17) is 0 Å². The van der Waals surface area contributed by atoms with Gasteiger partial charge >= 0.3 is 0 Å². The predicted octanol–water partition coefficient (Wildman–Crippen LogP) is 3.28. The van der Waals surface area contributed by atoms with Gasteiger partial charge in [-0.25, -0.2) is 4.21 Å². The van der Waals surface area contributed by atoms with Crippen molar-refractivity contribution in [1.82, 2.24) is 5.32 Å². The second kappa shape index (κ2) is 6.06. The number of rotatable bonds is 1. The van der Waals surface area contributed by atoms with Crippen LogP contribution in [0.15, 0.2) is 27.0 Å². The number of carbonyl (C=O) groups excluding carboxylic acids is 1. The molecule has 0 saturated carbocycles. The number of halogens is 1. The fraction of sp³-hybridized carbons (Fsp3) is 0.562. The SMILES string of the molecule is Cc1c(Br)cccc1C(=O)N=S1(=O)CCCC2(CCCN2)C1. The number of amides is 1. The highest BCUT2D eigenvalue weighted by molar-refractivity contribution is 9.10. The highest BCUT2D eigenvalue weighted by Gasteiger charge is 2.40. The van der Waals surface area contributed by atoms with Crippen molar-refractivity contribution in [3.63, 3.8) is 0 Å². The van der Waals surface area contributed by atoms with E-state index in [1.165, 1.54) is 0 Å². The maximum absolute atomic E-state index is 13.1. The summed E-state index contributed by atoms with van der Waals surface area (Å²) >= 11 is 3.43. The van der Waals surface area contributed by atoms with Crippen LogP contribution in [0, 0.1) is 6.92 Å². The van der Waals surface area contributed by atoms with E-state index < -0.39 is 9.73 Å². The van der Waals surface area contributed by atoms with Gasteiger partial charge in [-0.2, -0.15) is 4.36 Å². The third-order valence-corrected chi connectivity index (χ3v) is 7.99. The maximum atomic E-state index is 13.1. The molecule has 1 aromatic rings. The Morgan fingerprint density at radius 3 is 2.86 bits per heavy atom. The first kappa shape index (κ1) is 16.1. The van der Waals surface area contributed by atoms with Crippen molar-refractivity contribution in [2.75, 3.05) is 18.1 Å². The van der Waals surface area contributed by atoms with Crippen molar-refractivity contribution in [1.29, 1.82) is 0 Å². The Morgan fingerprint density at radius 2 is 2.14 bits per heavy atom. The Balaban J connectivity index is 1.91. The van der Waals surface area contributed by atoms with Gasteiger partial charge in [-0.05, 0) is 56.8 Å². The number of hydrogen-bond donors (Lipinski definition) is 1. The van der Waals surface area contributed by atoms with E-state index in [1.54, 1.807) is 6.07 Å². The van der Waals surface area contributed by atoms with E-state index in [0.29, 0.717) is 17.1 Å². The Labute approximate surface area is 140 Å². The summed E-state index contributed by atoms with van der Waals surface area (Å²) < 4.78 is 18.2. The van der Waals surface area contributed by atoms with Gasteiger partial charge in [0.25, 0.3) is 5.91 Å². The molecule has 1 amide bonds. The lowest BCUT2D eigenvalue weighted by molar-refractivity contribution is 0.100. The number of nitrogens with zero attached hydrogens (tertiary/aromatic N) is 1. The normalized spacial score (nSPS) is 31.4. The molecule has 2 unspecified atom stereocenters. The lowest BCUT2D eigenvalue weighted by Crippen LogP contribution is -2.49. The number of nitrogens with one attached hydrogen (secondary N) is 1. The van der Waals surface area contributed by atoms with E-state index in [0.717, 1.165) is 42.3 Å². The van der Waals surface area contributed by atoms with Gasteiger partial charge in [-0.15, -0.1) is 0 Å². The van der Waals surface area contributed by atoms with Gasteiger partial charge in [-0.3, -0.25) is 4.79 Å². The van der Waals surface area contributed by atoms with Crippen molar-refractivity contribution in [3.05, 3.63) is 33.8 Å². The quantitative estimate of drug-likeness (QED) is 0.807. The van der Waals surface area contributed by atoms with Crippen LogP contribution in [0.3, 0.4) is 0 Å². The third-order valence-electron chi connectivity index (χ3n) is 4.70. The van der Waals surface area contributed by atoms with Gasteiger partial charge in [0, 0.05) is 21.3 Å². The van der Waals surface area contributed by atoms with E-state index in [1.807, 2.05) is 19.1 Å². The van der Waals surface area contributed by atoms with Gasteiger partial charge < -0.3 is 5.32 Å². The first-order valence-electron chi connectivity index (χ1n) is 7.70. The van der Waals surface area contributed by atoms with Crippen LogP contribution >= 0.6 is 15.9 Å². The number of benzene rings is 1. The highest BCUT2D eigenvalue weighted by atomic mass is 79.9. The molecular weight excluding hydrogens is 364 g/mol. The summed E-state index contributed by atoms with van der Waals surface area (Å²) in [5.41, 5.74) is 1.34. The van der Waals surface area contributed by atoms with Gasteiger partial charge in [0.05, 0.1) is 15.5 Å². The zero-order valence-corrected chi connectivity index (χ0v) is 15.1. The molecule has 22 heavy (non-hydrogen) atoms. The maximum Gasteiger partial charge on any atom is 0.285 e. The lowest BCUT2D eigenvalue weighted by atomic mass is 9.94. The van der Waals surface area contributed by atoms with Crippen molar-refractivity contribution < 1.29 is 9.00 Å². The molecule has 0 aromatic heterocycles. The zero-order valence-electron chi connectivity index (χ0n) is 12.7. The number of carbonyl (C=O) groups is 1. The van der Waals surface area contributed by atoms with Crippen LogP contribution < -0.4 is 5.32 Å². The van der Waals surface area contributed by atoms with Crippen LogP contribution in [0.5, 0.6) is 0 Å². The molecule has 2 heterocycles. The molecule has 6 heteroatoms. The molecule has 1 spiro atoms. The third kappa shape index (κ3) is 3.14. The standard InChI is InChI=1S/C16H21BrN2O2S/c1-12-13(5-2-6-14(12)17)15(20)19-22(21)10-4-8-16(11-22)7-3-9-18-16/h2,5-6,18H,3-4,7-11H2,1H3. The summed E-state index contributed by atoms with van der Waals surface area (Å²) in [6, 6.07) is 5.46. The summed E-state index contributed by atoms with van der Waals surface area (Å²) in [5.74, 6) is 0.701. The average molecular weight is 385 g/mol. The summed E-state index contributed by atoms with van der Waals surface area (Å²) in [6.07, 6.45) is 4.08. The van der Waals surface area contributed by atoms with Crippen molar-refractivity contribution in [2.24, 2.45) is 4.36 Å². The fourth-order valence-corrected chi connectivity index (χ4v) is 6.45. The Morgan fingerprint density at radius 1 is 1.36 bits per heavy atom. The van der Waals surface area contributed by atoms with Gasteiger partial charge in [-0.1, -0.05) is 22.0 Å². The molecule has 0 aliphatic carbocycles. The van der Waals surface area contributed by atoms with Crippen molar-refractivity contribution >= 4 is 31.6 Å². The van der Waals surface area contributed by atoms with Crippen LogP contribution in [-0.2, 0) is 9.73 Å². The Kier molecular flexibility index (Phi) is 4.45. The molecule has 4 nitrogen and oxygen atoms in total. The Bertz CT molecular complexity index is 717. The molecule has 3 rings (SSSR count). The molecule has 1 N–H and O–H groups in total. The molecule has 0 radical (unpaired) electrons. The monoisotopic (exact) mass is 384 g/mol. The average Bonchev–Trinajstić information content (AvgIpc) is 2.88. The minimum atomic E-state index is -2.46. The van der Waals surface area contributed by atoms with Crippen LogP contribution in [0.2, 0.25) is 0 Å². The summed E-state index contributed by atoms with van der Waals surface area (Å²) in [6.45, 7) is 2.86. The largest absolute Gasteiger partial charge is 0.310 e. The molecule has 1 aromatic carbocycles. The van der Waals surface area contributed by atoms with Gasteiger partial charge in [0.15, 0.2) is 0 Å². The predicted molar refractivity (Wildman–Crippen MR) is 92.7 cm³/mol. The van der Waals surface area contributed by atoms with Crippen molar-refractivity contribution in [3.8, 4) is 0 Å². The molecule has 2 fully saturated rings. The van der Waals surface area contributed by atoms with Crippen LogP contribution in [0.25, 0.3) is 0 Å². The van der Waals surface area contributed by atoms with E-state index in [9.17, 15) is 9.00 Å². The number of hydrogen-bond acceptors (Lipinski definition) is 3. The molecule has 2 aliphatic rings.